The number of aliphatic hydroxyl groups is 2. The van der Waals surface area contributed by atoms with Crippen molar-refractivity contribution in [3.05, 3.63) is 35.1 Å². The lowest BCUT2D eigenvalue weighted by atomic mass is 10.00. The lowest BCUT2D eigenvalue weighted by molar-refractivity contribution is 0.0129. The minimum atomic E-state index is -1.000. The molecule has 0 fully saturated rings. The summed E-state index contributed by atoms with van der Waals surface area (Å²) in [4.78, 5) is 0. The van der Waals surface area contributed by atoms with Gasteiger partial charge in [-0.25, -0.2) is 4.39 Å². The van der Waals surface area contributed by atoms with E-state index in [1.165, 1.54) is 6.07 Å². The molecule has 0 aromatic heterocycles. The third-order valence-electron chi connectivity index (χ3n) is 2.49. The van der Waals surface area contributed by atoms with E-state index in [1.54, 1.807) is 19.1 Å². The van der Waals surface area contributed by atoms with Crippen LogP contribution in [0, 0.1) is 12.7 Å². The van der Waals surface area contributed by atoms with Crippen molar-refractivity contribution < 1.29 is 14.6 Å². The van der Waals surface area contributed by atoms with Crippen LogP contribution < -0.4 is 0 Å². The fraction of sp³-hybridized carbons (Fsp3) is 0.500. The van der Waals surface area contributed by atoms with Crippen LogP contribution in [0.4, 0.5) is 4.39 Å². The molecule has 1 aromatic rings. The SMILES string of the molecule is CCCC(O)C(O)c1ccc(C)c(F)c1. The first-order valence-corrected chi connectivity index (χ1v) is 5.18. The van der Waals surface area contributed by atoms with Crippen molar-refractivity contribution in [3.63, 3.8) is 0 Å². The summed E-state index contributed by atoms with van der Waals surface area (Å²) in [7, 11) is 0. The lowest BCUT2D eigenvalue weighted by Gasteiger charge is -2.17. The van der Waals surface area contributed by atoms with Crippen LogP contribution in [0.25, 0.3) is 0 Å². The van der Waals surface area contributed by atoms with E-state index >= 15 is 0 Å². The number of rotatable bonds is 4. The second-order valence-corrected chi connectivity index (χ2v) is 3.81. The van der Waals surface area contributed by atoms with Crippen LogP contribution in [-0.2, 0) is 0 Å². The summed E-state index contributed by atoms with van der Waals surface area (Å²) in [5.74, 6) is -0.352. The average molecular weight is 212 g/mol. The molecule has 0 aliphatic rings. The molecule has 0 amide bonds. The van der Waals surface area contributed by atoms with Crippen molar-refractivity contribution in [1.29, 1.82) is 0 Å². The molecule has 2 unspecified atom stereocenters. The van der Waals surface area contributed by atoms with Gasteiger partial charge in [-0.1, -0.05) is 25.5 Å². The molecule has 0 saturated heterocycles. The summed E-state index contributed by atoms with van der Waals surface area (Å²) < 4.78 is 13.2. The molecule has 0 radical (unpaired) electrons. The van der Waals surface area contributed by atoms with Crippen LogP contribution in [0.5, 0.6) is 0 Å². The van der Waals surface area contributed by atoms with E-state index < -0.39 is 12.2 Å². The highest BCUT2D eigenvalue weighted by atomic mass is 19.1. The molecule has 0 spiro atoms. The minimum absolute atomic E-state index is 0.352. The summed E-state index contributed by atoms with van der Waals surface area (Å²) in [6.45, 7) is 3.58. The smallest absolute Gasteiger partial charge is 0.126 e. The van der Waals surface area contributed by atoms with E-state index in [4.69, 9.17) is 0 Å². The van der Waals surface area contributed by atoms with Gasteiger partial charge in [0.05, 0.1) is 6.10 Å². The fourth-order valence-electron chi connectivity index (χ4n) is 1.47. The minimum Gasteiger partial charge on any atom is -0.390 e. The highest BCUT2D eigenvalue weighted by Gasteiger charge is 2.18. The second kappa shape index (κ2) is 5.24. The number of aryl methyl sites for hydroxylation is 1. The first-order valence-electron chi connectivity index (χ1n) is 5.18. The van der Waals surface area contributed by atoms with E-state index in [0.29, 0.717) is 17.5 Å². The molecule has 0 aliphatic carbocycles. The van der Waals surface area contributed by atoms with Crippen molar-refractivity contribution in [2.75, 3.05) is 0 Å². The van der Waals surface area contributed by atoms with Gasteiger partial charge in [-0.15, -0.1) is 0 Å². The van der Waals surface area contributed by atoms with Gasteiger partial charge < -0.3 is 10.2 Å². The van der Waals surface area contributed by atoms with E-state index in [2.05, 4.69) is 0 Å². The van der Waals surface area contributed by atoms with Gasteiger partial charge in [0.15, 0.2) is 0 Å². The molecule has 0 bridgehead atoms. The number of benzene rings is 1. The Balaban J connectivity index is 2.81. The Bertz CT molecular complexity index is 325. The molecule has 0 saturated carbocycles. The molecular formula is C12H17FO2. The van der Waals surface area contributed by atoms with Crippen molar-refractivity contribution in [2.45, 2.75) is 38.9 Å². The van der Waals surface area contributed by atoms with Crippen LogP contribution in [0.15, 0.2) is 18.2 Å². The molecule has 0 heterocycles. The molecule has 84 valence electrons. The van der Waals surface area contributed by atoms with Crippen LogP contribution in [0.1, 0.15) is 37.0 Å². The Labute approximate surface area is 89.4 Å². The Morgan fingerprint density at radius 3 is 2.53 bits per heavy atom. The highest BCUT2D eigenvalue weighted by molar-refractivity contribution is 5.25. The zero-order valence-electron chi connectivity index (χ0n) is 9.07. The summed E-state index contributed by atoms with van der Waals surface area (Å²) >= 11 is 0. The quantitative estimate of drug-likeness (QED) is 0.804. The first kappa shape index (κ1) is 12.1. The normalized spacial score (nSPS) is 15.0. The molecule has 2 N–H and O–H groups in total. The summed E-state index contributed by atoms with van der Waals surface area (Å²) in [5, 5.41) is 19.3. The van der Waals surface area contributed by atoms with Gasteiger partial charge in [0.25, 0.3) is 0 Å². The third-order valence-corrected chi connectivity index (χ3v) is 2.49. The zero-order valence-corrected chi connectivity index (χ0v) is 9.07. The number of hydrogen-bond acceptors (Lipinski definition) is 2. The third kappa shape index (κ3) is 3.01. The zero-order chi connectivity index (χ0) is 11.4. The summed E-state index contributed by atoms with van der Waals surface area (Å²) in [5.41, 5.74) is 0.968. The Morgan fingerprint density at radius 2 is 2.00 bits per heavy atom. The topological polar surface area (TPSA) is 40.5 Å². The molecule has 1 aromatic carbocycles. The van der Waals surface area contributed by atoms with Crippen LogP contribution >= 0.6 is 0 Å². The molecule has 1 rings (SSSR count). The van der Waals surface area contributed by atoms with Gasteiger partial charge in [-0.3, -0.25) is 0 Å². The van der Waals surface area contributed by atoms with Crippen LogP contribution in [0.3, 0.4) is 0 Å². The van der Waals surface area contributed by atoms with E-state index in [9.17, 15) is 14.6 Å². The molecular weight excluding hydrogens is 195 g/mol. The fourth-order valence-corrected chi connectivity index (χ4v) is 1.47. The first-order chi connectivity index (χ1) is 7.06. The Morgan fingerprint density at radius 1 is 1.33 bits per heavy atom. The van der Waals surface area contributed by atoms with Crippen molar-refractivity contribution in [3.8, 4) is 0 Å². The average Bonchev–Trinajstić information content (AvgIpc) is 2.21. The largest absolute Gasteiger partial charge is 0.390 e. The Kier molecular flexibility index (Phi) is 4.24. The number of halogens is 1. The van der Waals surface area contributed by atoms with Gasteiger partial charge in [0.2, 0.25) is 0 Å². The van der Waals surface area contributed by atoms with E-state index in [0.717, 1.165) is 6.42 Å². The van der Waals surface area contributed by atoms with E-state index in [-0.39, 0.29) is 5.82 Å². The second-order valence-electron chi connectivity index (χ2n) is 3.81. The molecule has 15 heavy (non-hydrogen) atoms. The van der Waals surface area contributed by atoms with E-state index in [1.807, 2.05) is 6.92 Å². The maximum atomic E-state index is 13.2. The Hall–Kier alpha value is -0.930. The molecule has 2 nitrogen and oxygen atoms in total. The molecule has 3 heteroatoms. The van der Waals surface area contributed by atoms with Gasteiger partial charge in [-0.05, 0) is 30.5 Å². The number of aliphatic hydroxyl groups excluding tert-OH is 2. The van der Waals surface area contributed by atoms with Crippen molar-refractivity contribution in [1.82, 2.24) is 0 Å². The number of hydrogen-bond donors (Lipinski definition) is 2. The van der Waals surface area contributed by atoms with Gasteiger partial charge in [0.1, 0.15) is 11.9 Å². The predicted molar refractivity (Wildman–Crippen MR) is 57.0 cm³/mol. The highest BCUT2D eigenvalue weighted by Crippen LogP contribution is 2.21. The van der Waals surface area contributed by atoms with Gasteiger partial charge in [0, 0.05) is 0 Å². The van der Waals surface area contributed by atoms with Gasteiger partial charge >= 0.3 is 0 Å². The monoisotopic (exact) mass is 212 g/mol. The van der Waals surface area contributed by atoms with Crippen molar-refractivity contribution in [2.24, 2.45) is 0 Å². The predicted octanol–water partition coefficient (Wildman–Crippen LogP) is 2.33. The maximum Gasteiger partial charge on any atom is 0.126 e. The molecule has 0 aliphatic heterocycles. The lowest BCUT2D eigenvalue weighted by Crippen LogP contribution is -2.17. The maximum absolute atomic E-state index is 13.2. The molecule has 2 atom stereocenters. The standard InChI is InChI=1S/C12H17FO2/c1-3-4-11(14)12(15)9-6-5-8(2)10(13)7-9/h5-7,11-12,14-15H,3-4H2,1-2H3. The summed E-state index contributed by atoms with van der Waals surface area (Å²) in [6.07, 6.45) is -0.527. The van der Waals surface area contributed by atoms with Gasteiger partial charge in [-0.2, -0.15) is 0 Å². The van der Waals surface area contributed by atoms with Crippen molar-refractivity contribution >= 4 is 0 Å². The van der Waals surface area contributed by atoms with Crippen LogP contribution in [0.2, 0.25) is 0 Å². The van der Waals surface area contributed by atoms with Crippen LogP contribution in [-0.4, -0.2) is 16.3 Å². The summed E-state index contributed by atoms with van der Waals surface area (Å²) in [6, 6.07) is 4.52.